The number of carbonyl (C=O) groups excluding carboxylic acids is 1. The Labute approximate surface area is 91.1 Å². The molecule has 1 aromatic rings. The molecule has 2 rings (SSSR count). The number of ketones is 1. The quantitative estimate of drug-likeness (QED) is 0.674. The van der Waals surface area contributed by atoms with Crippen LogP contribution >= 0.6 is 0 Å². The van der Waals surface area contributed by atoms with E-state index in [0.29, 0.717) is 5.57 Å². The van der Waals surface area contributed by atoms with Gasteiger partial charge in [-0.15, -0.1) is 0 Å². The number of hydrogen-bond donors (Lipinski definition) is 0. The normalized spacial score (nSPS) is 12.5. The van der Waals surface area contributed by atoms with Crippen molar-refractivity contribution in [2.75, 3.05) is 0 Å². The molecule has 0 atom stereocenters. The van der Waals surface area contributed by atoms with Gasteiger partial charge in [-0.2, -0.15) is 0 Å². The number of fused-ring (bicyclic) bond motifs is 1. The molecule has 0 unspecified atom stereocenters. The third-order valence-electron chi connectivity index (χ3n) is 2.24. The zero-order valence-electron chi connectivity index (χ0n) is 9.50. The third-order valence-corrected chi connectivity index (χ3v) is 2.24. The summed E-state index contributed by atoms with van der Waals surface area (Å²) in [5.74, 6) is 0.0880. The van der Waals surface area contributed by atoms with E-state index in [1.54, 1.807) is 6.08 Å². The van der Waals surface area contributed by atoms with E-state index >= 15 is 0 Å². The van der Waals surface area contributed by atoms with Gasteiger partial charge < -0.3 is 0 Å². The van der Waals surface area contributed by atoms with E-state index in [1.165, 1.54) is 5.56 Å². The molecule has 1 aromatic carbocycles. The van der Waals surface area contributed by atoms with Crippen molar-refractivity contribution in [3.63, 3.8) is 0 Å². The van der Waals surface area contributed by atoms with Gasteiger partial charge in [0.15, 0.2) is 5.78 Å². The summed E-state index contributed by atoms with van der Waals surface area (Å²) in [7, 11) is 0. The standard InChI is InChI=1S/C12H10O.C2H6/c1-3-9-7-10-6-8(2)4-5-11(10)12(9)13;1-2/h3-7H,1H2,2H3;1-2H3. The second-order valence-corrected chi connectivity index (χ2v) is 3.22. The van der Waals surface area contributed by atoms with Crippen LogP contribution < -0.4 is 0 Å². The number of hydrogen-bond acceptors (Lipinski definition) is 1. The second kappa shape index (κ2) is 4.74. The highest BCUT2D eigenvalue weighted by Gasteiger charge is 2.19. The minimum absolute atomic E-state index is 0.0880. The fraction of sp³-hybridized carbons (Fsp3) is 0.214. The smallest absolute Gasteiger partial charge is 0.193 e. The van der Waals surface area contributed by atoms with E-state index < -0.39 is 0 Å². The fourth-order valence-corrected chi connectivity index (χ4v) is 1.55. The molecule has 1 aliphatic carbocycles. The number of allylic oxidation sites excluding steroid dienone is 2. The molecule has 15 heavy (non-hydrogen) atoms. The summed E-state index contributed by atoms with van der Waals surface area (Å²) < 4.78 is 0. The van der Waals surface area contributed by atoms with Gasteiger partial charge in [-0.25, -0.2) is 0 Å². The van der Waals surface area contributed by atoms with Crippen molar-refractivity contribution in [1.29, 1.82) is 0 Å². The number of carbonyl (C=O) groups is 1. The molecule has 0 radical (unpaired) electrons. The Morgan fingerprint density at radius 3 is 2.53 bits per heavy atom. The summed E-state index contributed by atoms with van der Waals surface area (Å²) in [4.78, 5) is 11.6. The van der Waals surface area contributed by atoms with Crippen molar-refractivity contribution in [3.05, 3.63) is 53.1 Å². The Kier molecular flexibility index (Phi) is 3.62. The second-order valence-electron chi connectivity index (χ2n) is 3.22. The van der Waals surface area contributed by atoms with Crippen molar-refractivity contribution in [3.8, 4) is 0 Å². The maximum atomic E-state index is 11.6. The minimum Gasteiger partial charge on any atom is -0.289 e. The molecule has 0 aliphatic heterocycles. The Morgan fingerprint density at radius 2 is 1.93 bits per heavy atom. The average molecular weight is 200 g/mol. The van der Waals surface area contributed by atoms with E-state index in [4.69, 9.17) is 0 Å². The molecule has 1 nitrogen and oxygen atoms in total. The molecule has 0 bridgehead atoms. The lowest BCUT2D eigenvalue weighted by Gasteiger charge is -1.97. The van der Waals surface area contributed by atoms with Gasteiger partial charge in [0.05, 0.1) is 0 Å². The molecule has 0 fully saturated rings. The summed E-state index contributed by atoms with van der Waals surface area (Å²) in [5.41, 5.74) is 3.68. The van der Waals surface area contributed by atoms with E-state index in [1.807, 2.05) is 45.0 Å². The molecule has 0 aromatic heterocycles. The molecule has 1 heteroatoms. The Balaban J connectivity index is 0.000000531. The first-order valence-corrected chi connectivity index (χ1v) is 5.22. The first kappa shape index (κ1) is 11.4. The van der Waals surface area contributed by atoms with E-state index in [9.17, 15) is 4.79 Å². The van der Waals surface area contributed by atoms with Crippen LogP contribution in [0.15, 0.2) is 36.4 Å². The highest BCUT2D eigenvalue weighted by molar-refractivity contribution is 6.19. The van der Waals surface area contributed by atoms with Crippen LogP contribution in [0, 0.1) is 6.92 Å². The van der Waals surface area contributed by atoms with Crippen molar-refractivity contribution in [1.82, 2.24) is 0 Å². The number of Topliss-reactive ketones (excluding diaryl/α,β-unsaturated/α-hetero) is 1. The summed E-state index contributed by atoms with van der Waals surface area (Å²) >= 11 is 0. The van der Waals surface area contributed by atoms with Crippen LogP contribution in [0.1, 0.15) is 35.3 Å². The van der Waals surface area contributed by atoms with Gasteiger partial charge in [0.1, 0.15) is 0 Å². The van der Waals surface area contributed by atoms with Crippen molar-refractivity contribution in [2.24, 2.45) is 0 Å². The lowest BCUT2D eigenvalue weighted by molar-refractivity contribution is 0.104. The van der Waals surface area contributed by atoms with Gasteiger partial charge in [-0.3, -0.25) is 4.79 Å². The maximum absolute atomic E-state index is 11.6. The Bertz CT molecular complexity index is 425. The zero-order chi connectivity index (χ0) is 11.4. The van der Waals surface area contributed by atoms with E-state index in [-0.39, 0.29) is 5.78 Å². The molecule has 0 saturated heterocycles. The molecule has 0 N–H and O–H groups in total. The van der Waals surface area contributed by atoms with Crippen LogP contribution in [0.2, 0.25) is 0 Å². The van der Waals surface area contributed by atoms with Crippen LogP contribution in [0.5, 0.6) is 0 Å². The SMILES string of the molecule is C=CC1=Cc2cc(C)ccc2C1=O.CC. The fourth-order valence-electron chi connectivity index (χ4n) is 1.55. The van der Waals surface area contributed by atoms with Gasteiger partial charge in [0.2, 0.25) is 0 Å². The molecule has 1 aliphatic rings. The van der Waals surface area contributed by atoms with Gasteiger partial charge in [-0.1, -0.05) is 50.3 Å². The molecular formula is C14H16O. The van der Waals surface area contributed by atoms with Crippen molar-refractivity contribution < 1.29 is 4.79 Å². The molecule has 0 spiro atoms. The molecule has 78 valence electrons. The van der Waals surface area contributed by atoms with Gasteiger partial charge in [0.25, 0.3) is 0 Å². The number of rotatable bonds is 1. The zero-order valence-corrected chi connectivity index (χ0v) is 9.50. The predicted octanol–water partition coefficient (Wildman–Crippen LogP) is 3.79. The highest BCUT2D eigenvalue weighted by atomic mass is 16.1. The van der Waals surface area contributed by atoms with Gasteiger partial charge in [0, 0.05) is 11.1 Å². The van der Waals surface area contributed by atoms with Crippen molar-refractivity contribution >= 4 is 11.9 Å². The molecule has 0 amide bonds. The van der Waals surface area contributed by atoms with Crippen LogP contribution in [0.3, 0.4) is 0 Å². The highest BCUT2D eigenvalue weighted by Crippen LogP contribution is 2.26. The summed E-state index contributed by atoms with van der Waals surface area (Å²) in [5, 5.41) is 0. The van der Waals surface area contributed by atoms with Crippen LogP contribution in [-0.2, 0) is 0 Å². The third kappa shape index (κ3) is 2.07. The topological polar surface area (TPSA) is 17.1 Å². The van der Waals surface area contributed by atoms with Gasteiger partial charge >= 0.3 is 0 Å². The predicted molar refractivity (Wildman–Crippen MR) is 65.0 cm³/mol. The molecule has 0 saturated carbocycles. The number of benzene rings is 1. The van der Waals surface area contributed by atoms with E-state index in [2.05, 4.69) is 6.58 Å². The lowest BCUT2D eigenvalue weighted by atomic mass is 10.1. The van der Waals surface area contributed by atoms with Crippen molar-refractivity contribution in [2.45, 2.75) is 20.8 Å². The van der Waals surface area contributed by atoms with Crippen LogP contribution in [-0.4, -0.2) is 5.78 Å². The summed E-state index contributed by atoms with van der Waals surface area (Å²) in [6.07, 6.45) is 3.50. The van der Waals surface area contributed by atoms with Gasteiger partial charge in [-0.05, 0) is 18.6 Å². The largest absolute Gasteiger partial charge is 0.289 e. The monoisotopic (exact) mass is 200 g/mol. The minimum atomic E-state index is 0.0880. The Morgan fingerprint density at radius 1 is 1.27 bits per heavy atom. The van der Waals surface area contributed by atoms with Crippen LogP contribution in [0.25, 0.3) is 6.08 Å². The first-order valence-electron chi connectivity index (χ1n) is 5.22. The molecule has 0 heterocycles. The first-order chi connectivity index (χ1) is 7.22. The van der Waals surface area contributed by atoms with E-state index in [0.717, 1.165) is 11.1 Å². The number of aryl methyl sites for hydroxylation is 1. The lowest BCUT2D eigenvalue weighted by Crippen LogP contribution is -1.95. The van der Waals surface area contributed by atoms with Crippen LogP contribution in [0.4, 0.5) is 0 Å². The maximum Gasteiger partial charge on any atom is 0.193 e. The molecular weight excluding hydrogens is 184 g/mol. The summed E-state index contributed by atoms with van der Waals surface area (Å²) in [6, 6.07) is 5.85. The summed E-state index contributed by atoms with van der Waals surface area (Å²) in [6.45, 7) is 9.63. The Hall–Kier alpha value is -1.63. The average Bonchev–Trinajstić information content (AvgIpc) is 2.58.